The van der Waals surface area contributed by atoms with E-state index < -0.39 is 0 Å². The van der Waals surface area contributed by atoms with E-state index in [0.717, 1.165) is 35.0 Å². The SMILES string of the molecule is N#Cc1cc2c(nc1Sc1ccncn1)CCC2. The van der Waals surface area contributed by atoms with Crippen LogP contribution in [0, 0.1) is 11.3 Å². The van der Waals surface area contributed by atoms with E-state index in [1.165, 1.54) is 23.7 Å². The maximum atomic E-state index is 9.19. The highest BCUT2D eigenvalue weighted by Gasteiger charge is 2.17. The number of aryl methyl sites for hydroxylation is 2. The van der Waals surface area contributed by atoms with Crippen LogP contribution in [0.25, 0.3) is 0 Å². The number of nitrogens with zero attached hydrogens (tertiary/aromatic N) is 4. The zero-order valence-electron chi connectivity index (χ0n) is 9.63. The molecule has 0 saturated heterocycles. The third-order valence-corrected chi connectivity index (χ3v) is 3.85. The molecule has 2 aromatic rings. The van der Waals surface area contributed by atoms with E-state index in [-0.39, 0.29) is 0 Å². The minimum Gasteiger partial charge on any atom is -0.245 e. The van der Waals surface area contributed by atoms with Crippen molar-refractivity contribution in [3.8, 4) is 6.07 Å². The predicted molar refractivity (Wildman–Crippen MR) is 67.1 cm³/mol. The van der Waals surface area contributed by atoms with Gasteiger partial charge in [0.1, 0.15) is 22.4 Å². The summed E-state index contributed by atoms with van der Waals surface area (Å²) >= 11 is 1.42. The molecule has 2 heterocycles. The fourth-order valence-corrected chi connectivity index (χ4v) is 2.85. The topological polar surface area (TPSA) is 62.5 Å². The van der Waals surface area contributed by atoms with Crippen LogP contribution in [0.2, 0.25) is 0 Å². The molecule has 0 bridgehead atoms. The Labute approximate surface area is 109 Å². The Morgan fingerprint density at radius 2 is 2.28 bits per heavy atom. The average Bonchev–Trinajstić information content (AvgIpc) is 2.86. The molecule has 1 aliphatic rings. The standard InChI is InChI=1S/C13H10N4S/c14-7-10-6-9-2-1-3-11(9)17-13(10)18-12-4-5-15-8-16-12/h4-6,8H,1-3H2. The van der Waals surface area contributed by atoms with Crippen LogP contribution < -0.4 is 0 Å². The van der Waals surface area contributed by atoms with Crippen molar-refractivity contribution in [1.82, 2.24) is 15.0 Å². The van der Waals surface area contributed by atoms with Crippen molar-refractivity contribution in [2.24, 2.45) is 0 Å². The van der Waals surface area contributed by atoms with Gasteiger partial charge < -0.3 is 0 Å². The van der Waals surface area contributed by atoms with Crippen LogP contribution in [0.3, 0.4) is 0 Å². The third kappa shape index (κ3) is 2.07. The Bertz CT molecular complexity index is 619. The first-order chi connectivity index (χ1) is 8.86. The smallest absolute Gasteiger partial charge is 0.120 e. The maximum absolute atomic E-state index is 9.19. The lowest BCUT2D eigenvalue weighted by molar-refractivity contribution is 0.890. The fourth-order valence-electron chi connectivity index (χ4n) is 2.05. The third-order valence-electron chi connectivity index (χ3n) is 2.89. The van der Waals surface area contributed by atoms with Gasteiger partial charge in [0.15, 0.2) is 0 Å². The molecule has 3 rings (SSSR count). The van der Waals surface area contributed by atoms with Crippen LogP contribution >= 0.6 is 11.8 Å². The molecule has 1 aliphatic carbocycles. The largest absolute Gasteiger partial charge is 0.245 e. The lowest BCUT2D eigenvalue weighted by atomic mass is 10.2. The first kappa shape index (κ1) is 11.2. The monoisotopic (exact) mass is 254 g/mol. The minimum absolute atomic E-state index is 0.638. The van der Waals surface area contributed by atoms with E-state index in [0.29, 0.717) is 5.56 Å². The second-order valence-corrected chi connectivity index (χ2v) is 5.07. The van der Waals surface area contributed by atoms with Gasteiger partial charge in [0, 0.05) is 11.9 Å². The maximum Gasteiger partial charge on any atom is 0.120 e. The summed E-state index contributed by atoms with van der Waals surface area (Å²) in [5.41, 5.74) is 2.99. The molecule has 88 valence electrons. The molecule has 5 heteroatoms. The first-order valence-electron chi connectivity index (χ1n) is 5.73. The number of rotatable bonds is 2. The Balaban J connectivity index is 1.99. The molecule has 0 fully saturated rings. The van der Waals surface area contributed by atoms with Gasteiger partial charge in [-0.3, -0.25) is 0 Å². The van der Waals surface area contributed by atoms with E-state index in [4.69, 9.17) is 0 Å². The highest BCUT2D eigenvalue weighted by Crippen LogP contribution is 2.30. The van der Waals surface area contributed by atoms with E-state index in [9.17, 15) is 5.26 Å². The molecule has 0 saturated carbocycles. The van der Waals surface area contributed by atoms with Gasteiger partial charge in [-0.1, -0.05) is 0 Å². The van der Waals surface area contributed by atoms with Gasteiger partial charge in [0.2, 0.25) is 0 Å². The summed E-state index contributed by atoms with van der Waals surface area (Å²) in [6.45, 7) is 0. The first-order valence-corrected chi connectivity index (χ1v) is 6.55. The zero-order chi connectivity index (χ0) is 12.4. The molecule has 0 aliphatic heterocycles. The Kier molecular flexibility index (Phi) is 2.95. The van der Waals surface area contributed by atoms with E-state index in [2.05, 4.69) is 21.0 Å². The molecule has 0 radical (unpaired) electrons. The van der Waals surface area contributed by atoms with Crippen molar-refractivity contribution >= 4 is 11.8 Å². The molecule has 0 aromatic carbocycles. The molecule has 0 spiro atoms. The second kappa shape index (κ2) is 4.75. The van der Waals surface area contributed by atoms with Crippen molar-refractivity contribution < 1.29 is 0 Å². The van der Waals surface area contributed by atoms with Crippen molar-refractivity contribution in [2.75, 3.05) is 0 Å². The van der Waals surface area contributed by atoms with E-state index in [1.54, 1.807) is 6.20 Å². The van der Waals surface area contributed by atoms with Gasteiger partial charge in [-0.25, -0.2) is 15.0 Å². The normalized spacial score (nSPS) is 13.1. The average molecular weight is 254 g/mol. The molecular weight excluding hydrogens is 244 g/mol. The number of nitriles is 1. The summed E-state index contributed by atoms with van der Waals surface area (Å²) in [4.78, 5) is 12.6. The molecule has 0 N–H and O–H groups in total. The van der Waals surface area contributed by atoms with Crippen molar-refractivity contribution in [3.05, 3.63) is 41.5 Å². The molecule has 0 amide bonds. The predicted octanol–water partition coefficient (Wildman–Crippen LogP) is 2.38. The van der Waals surface area contributed by atoms with Crippen LogP contribution in [-0.4, -0.2) is 15.0 Å². The van der Waals surface area contributed by atoms with E-state index in [1.807, 2.05) is 12.1 Å². The summed E-state index contributed by atoms with van der Waals surface area (Å²) in [6.07, 6.45) is 6.37. The molecule has 0 atom stereocenters. The Hall–Kier alpha value is -1.93. The summed E-state index contributed by atoms with van der Waals surface area (Å²) < 4.78 is 0. The van der Waals surface area contributed by atoms with Crippen molar-refractivity contribution in [2.45, 2.75) is 29.3 Å². The fraction of sp³-hybridized carbons (Fsp3) is 0.231. The quantitative estimate of drug-likeness (QED) is 0.770. The Morgan fingerprint density at radius 3 is 3.06 bits per heavy atom. The second-order valence-electron chi connectivity index (χ2n) is 4.06. The lowest BCUT2D eigenvalue weighted by Crippen LogP contribution is -1.95. The summed E-state index contributed by atoms with van der Waals surface area (Å²) in [7, 11) is 0. The minimum atomic E-state index is 0.638. The van der Waals surface area contributed by atoms with Crippen molar-refractivity contribution in [3.63, 3.8) is 0 Å². The van der Waals surface area contributed by atoms with Gasteiger partial charge in [-0.05, 0) is 48.7 Å². The number of pyridine rings is 1. The van der Waals surface area contributed by atoms with Gasteiger partial charge in [0.25, 0.3) is 0 Å². The van der Waals surface area contributed by atoms with E-state index >= 15 is 0 Å². The Morgan fingerprint density at radius 1 is 1.33 bits per heavy atom. The summed E-state index contributed by atoms with van der Waals surface area (Å²) in [6, 6.07) is 6.01. The van der Waals surface area contributed by atoms with Crippen LogP contribution in [0.15, 0.2) is 34.7 Å². The molecular formula is C13H10N4S. The number of fused-ring (bicyclic) bond motifs is 1. The van der Waals surface area contributed by atoms with Gasteiger partial charge in [0.05, 0.1) is 5.56 Å². The number of hydrogen-bond donors (Lipinski definition) is 0. The lowest BCUT2D eigenvalue weighted by Gasteiger charge is -2.05. The molecule has 4 nitrogen and oxygen atoms in total. The van der Waals surface area contributed by atoms with Crippen molar-refractivity contribution in [1.29, 1.82) is 5.26 Å². The van der Waals surface area contributed by atoms with Gasteiger partial charge in [-0.2, -0.15) is 5.26 Å². The molecule has 2 aromatic heterocycles. The highest BCUT2D eigenvalue weighted by atomic mass is 32.2. The number of aromatic nitrogens is 3. The molecule has 0 unspecified atom stereocenters. The van der Waals surface area contributed by atoms with Gasteiger partial charge >= 0.3 is 0 Å². The zero-order valence-corrected chi connectivity index (χ0v) is 10.4. The van der Waals surface area contributed by atoms with Gasteiger partial charge in [-0.15, -0.1) is 0 Å². The summed E-state index contributed by atoms with van der Waals surface area (Å²) in [5, 5.41) is 10.8. The number of hydrogen-bond acceptors (Lipinski definition) is 5. The molecule has 18 heavy (non-hydrogen) atoms. The highest BCUT2D eigenvalue weighted by molar-refractivity contribution is 7.99. The van der Waals surface area contributed by atoms with Crippen LogP contribution in [0.1, 0.15) is 23.2 Å². The van der Waals surface area contributed by atoms with Crippen LogP contribution in [0.5, 0.6) is 0 Å². The summed E-state index contributed by atoms with van der Waals surface area (Å²) in [5.74, 6) is 0. The van der Waals surface area contributed by atoms with Crippen LogP contribution in [-0.2, 0) is 12.8 Å². The van der Waals surface area contributed by atoms with Crippen LogP contribution in [0.4, 0.5) is 0 Å².